The van der Waals surface area contributed by atoms with Crippen molar-refractivity contribution >= 4 is 23.2 Å². The number of anilines is 1. The summed E-state index contributed by atoms with van der Waals surface area (Å²) in [7, 11) is 0. The molecule has 3 rings (SSSR count). The zero-order chi connectivity index (χ0) is 24.6. The average Bonchev–Trinajstić information content (AvgIpc) is 2.69. The molecule has 0 saturated carbocycles. The first kappa shape index (κ1) is 21.9. The van der Waals surface area contributed by atoms with Gasteiger partial charge in [0.15, 0.2) is 0 Å². The lowest BCUT2D eigenvalue weighted by molar-refractivity contribution is -0.274. The number of nitrogens with zero attached hydrogens (tertiary/aromatic N) is 1. The van der Waals surface area contributed by atoms with Gasteiger partial charge in [0.25, 0.3) is 0 Å². The van der Waals surface area contributed by atoms with Gasteiger partial charge in [-0.25, -0.2) is 0 Å². The summed E-state index contributed by atoms with van der Waals surface area (Å²) in [5.41, 5.74) is 3.91. The van der Waals surface area contributed by atoms with Crippen molar-refractivity contribution in [2.24, 2.45) is 5.73 Å². The van der Waals surface area contributed by atoms with Crippen molar-refractivity contribution in [3.05, 3.63) is 76.6 Å². The lowest BCUT2D eigenvalue weighted by Gasteiger charge is -2.31. The molecule has 0 spiro atoms. The zero-order valence-electron chi connectivity index (χ0n) is 16.7. The smallest absolute Gasteiger partial charge is 0.456 e. The van der Waals surface area contributed by atoms with Crippen molar-refractivity contribution in [1.29, 1.82) is 0 Å². The van der Waals surface area contributed by atoms with E-state index in [0.29, 0.717) is 6.08 Å². The summed E-state index contributed by atoms with van der Waals surface area (Å²) < 4.78 is 95.4. The minimum absolute atomic E-state index is 0.0282. The molecule has 0 bridgehead atoms. The van der Waals surface area contributed by atoms with Crippen LogP contribution in [-0.2, 0) is 0 Å². The SMILES string of the molecule is [2H]C1=C(Oc2ccc(OC(F)(F)F)cc2Cl)C=C(C(F)(F)F)N(c2cccc(C(N)=O)c2)C1. The van der Waals surface area contributed by atoms with Gasteiger partial charge in [-0.3, -0.25) is 4.79 Å². The van der Waals surface area contributed by atoms with Crippen LogP contribution in [0.25, 0.3) is 0 Å². The second-order valence-electron chi connectivity index (χ2n) is 6.31. The molecular formula is C20H13ClF6N2O3. The van der Waals surface area contributed by atoms with Gasteiger partial charge in [0.05, 0.1) is 6.39 Å². The number of carbonyl (C=O) groups excluding carboxylic acids is 1. The number of nitrogens with two attached hydrogens (primary N) is 1. The van der Waals surface area contributed by atoms with Crippen molar-refractivity contribution in [2.75, 3.05) is 11.4 Å². The van der Waals surface area contributed by atoms with Crippen LogP contribution in [0.5, 0.6) is 11.5 Å². The second-order valence-corrected chi connectivity index (χ2v) is 6.72. The Morgan fingerprint density at radius 1 is 1.12 bits per heavy atom. The van der Waals surface area contributed by atoms with E-state index >= 15 is 0 Å². The van der Waals surface area contributed by atoms with Crippen molar-refractivity contribution in [2.45, 2.75) is 12.5 Å². The maximum absolute atomic E-state index is 13.8. The highest BCUT2D eigenvalue weighted by molar-refractivity contribution is 6.32. The van der Waals surface area contributed by atoms with Gasteiger partial charge in [0.1, 0.15) is 23.0 Å². The molecule has 0 saturated heterocycles. The molecule has 0 aromatic heterocycles. The number of amides is 1. The summed E-state index contributed by atoms with van der Waals surface area (Å²) in [5, 5.41) is -0.379. The maximum Gasteiger partial charge on any atom is 0.573 e. The number of carbonyl (C=O) groups is 1. The molecule has 5 nitrogen and oxygen atoms in total. The Morgan fingerprint density at radius 2 is 1.84 bits per heavy atom. The number of halogens is 7. The molecule has 2 aromatic carbocycles. The minimum Gasteiger partial charge on any atom is -0.456 e. The second kappa shape index (κ2) is 8.65. The van der Waals surface area contributed by atoms with Crippen LogP contribution < -0.4 is 20.1 Å². The molecule has 2 N–H and O–H groups in total. The molecule has 1 heterocycles. The molecule has 32 heavy (non-hydrogen) atoms. The highest BCUT2D eigenvalue weighted by atomic mass is 35.5. The van der Waals surface area contributed by atoms with Crippen LogP contribution in [0.15, 0.2) is 66.0 Å². The van der Waals surface area contributed by atoms with E-state index in [-0.39, 0.29) is 28.1 Å². The van der Waals surface area contributed by atoms with E-state index in [1.807, 2.05) is 0 Å². The van der Waals surface area contributed by atoms with Crippen LogP contribution >= 0.6 is 11.6 Å². The van der Waals surface area contributed by atoms with Gasteiger partial charge < -0.3 is 20.1 Å². The molecule has 0 unspecified atom stereocenters. The van der Waals surface area contributed by atoms with Crippen LogP contribution in [0.2, 0.25) is 5.02 Å². The summed E-state index contributed by atoms with van der Waals surface area (Å²) >= 11 is 5.87. The summed E-state index contributed by atoms with van der Waals surface area (Å²) in [6.45, 7) is -0.588. The first-order valence-corrected chi connectivity index (χ1v) is 9.01. The first-order chi connectivity index (χ1) is 15.2. The zero-order valence-corrected chi connectivity index (χ0v) is 16.5. The standard InChI is InChI=1S/C20H13ClF6N2O3/c21-15-9-14(32-20(25,26)27)4-5-16(15)31-13-6-7-29(17(10-13)19(22,23)24)12-3-1-2-11(8-12)18(28)30/h1-6,8-10H,7H2,(H2,28,30)/i6D. The van der Waals surface area contributed by atoms with Gasteiger partial charge in [-0.2, -0.15) is 13.2 Å². The average molecular weight is 480 g/mol. The van der Waals surface area contributed by atoms with E-state index in [0.717, 1.165) is 29.2 Å². The summed E-state index contributed by atoms with van der Waals surface area (Å²) in [6.07, 6.45) is -9.29. The number of ether oxygens (including phenoxy) is 2. The highest BCUT2D eigenvalue weighted by Gasteiger charge is 2.40. The van der Waals surface area contributed by atoms with E-state index in [9.17, 15) is 31.1 Å². The Kier molecular flexibility index (Phi) is 5.92. The molecule has 1 aliphatic rings. The van der Waals surface area contributed by atoms with Crippen molar-refractivity contribution in [3.63, 3.8) is 0 Å². The number of primary amides is 1. The Bertz CT molecular complexity index is 1150. The predicted molar refractivity (Wildman–Crippen MR) is 103 cm³/mol. The molecule has 0 fully saturated rings. The maximum atomic E-state index is 13.8. The first-order valence-electron chi connectivity index (χ1n) is 9.14. The van der Waals surface area contributed by atoms with E-state index in [2.05, 4.69) is 4.74 Å². The summed E-state index contributed by atoms with van der Waals surface area (Å²) in [4.78, 5) is 12.1. The Hall–Kier alpha value is -3.34. The minimum atomic E-state index is -4.97. The van der Waals surface area contributed by atoms with Crippen LogP contribution in [0, 0.1) is 0 Å². The number of rotatable bonds is 5. The molecule has 12 heteroatoms. The predicted octanol–water partition coefficient (Wildman–Crippen LogP) is 5.57. The van der Waals surface area contributed by atoms with Gasteiger partial charge in [-0.05, 0) is 36.4 Å². The quantitative estimate of drug-likeness (QED) is 0.570. The van der Waals surface area contributed by atoms with Crippen LogP contribution in [-0.4, -0.2) is 25.0 Å². The largest absolute Gasteiger partial charge is 0.573 e. The fourth-order valence-corrected chi connectivity index (χ4v) is 2.94. The Morgan fingerprint density at radius 3 is 2.44 bits per heavy atom. The Balaban J connectivity index is 1.94. The van der Waals surface area contributed by atoms with E-state index in [4.69, 9.17) is 23.4 Å². The van der Waals surface area contributed by atoms with Crippen molar-refractivity contribution in [3.8, 4) is 11.5 Å². The molecule has 2 aromatic rings. The number of allylic oxidation sites excluding steroid dienone is 2. The van der Waals surface area contributed by atoms with Crippen molar-refractivity contribution < 1.29 is 42.0 Å². The number of alkyl halides is 6. The number of hydrogen-bond donors (Lipinski definition) is 1. The van der Waals surface area contributed by atoms with E-state index in [1.54, 1.807) is 0 Å². The van der Waals surface area contributed by atoms with Crippen LogP contribution in [0.3, 0.4) is 0 Å². The highest BCUT2D eigenvalue weighted by Crippen LogP contribution is 2.37. The van der Waals surface area contributed by atoms with E-state index < -0.39 is 42.2 Å². The van der Waals surface area contributed by atoms with Crippen LogP contribution in [0.4, 0.5) is 32.0 Å². The molecule has 0 radical (unpaired) electrons. The van der Waals surface area contributed by atoms with Gasteiger partial charge >= 0.3 is 12.5 Å². The summed E-state index contributed by atoms with van der Waals surface area (Å²) in [6, 6.07) is 7.33. The van der Waals surface area contributed by atoms with Gasteiger partial charge in [0, 0.05) is 29.9 Å². The lowest BCUT2D eigenvalue weighted by atomic mass is 10.1. The van der Waals surface area contributed by atoms with E-state index in [1.165, 1.54) is 18.2 Å². The normalized spacial score (nSPS) is 15.3. The summed E-state index contributed by atoms with van der Waals surface area (Å²) in [5.74, 6) is -2.30. The van der Waals surface area contributed by atoms with Gasteiger partial charge in [-0.15, -0.1) is 13.2 Å². The molecule has 0 atom stereocenters. The third-order valence-electron chi connectivity index (χ3n) is 4.06. The van der Waals surface area contributed by atoms with Gasteiger partial charge in [-0.1, -0.05) is 17.7 Å². The van der Waals surface area contributed by atoms with Crippen LogP contribution in [0.1, 0.15) is 11.7 Å². The Labute approximate surface area is 183 Å². The lowest BCUT2D eigenvalue weighted by Crippen LogP contribution is -2.34. The molecule has 170 valence electrons. The monoisotopic (exact) mass is 479 g/mol. The fraction of sp³-hybridized carbons (Fsp3) is 0.150. The molecular weight excluding hydrogens is 466 g/mol. The molecule has 1 amide bonds. The topological polar surface area (TPSA) is 64.8 Å². The molecule has 0 aliphatic carbocycles. The third kappa shape index (κ3) is 5.67. The number of hydrogen-bond acceptors (Lipinski definition) is 4. The third-order valence-corrected chi connectivity index (χ3v) is 4.35. The van der Waals surface area contributed by atoms with Crippen molar-refractivity contribution in [1.82, 2.24) is 0 Å². The number of benzene rings is 2. The fourth-order valence-electron chi connectivity index (χ4n) is 2.73. The van der Waals surface area contributed by atoms with Gasteiger partial charge in [0.2, 0.25) is 5.91 Å². The molecule has 1 aliphatic heterocycles.